The van der Waals surface area contributed by atoms with Crippen molar-refractivity contribution in [2.24, 2.45) is 0 Å². The smallest absolute Gasteiger partial charge is 0.337 e. The lowest BCUT2D eigenvalue weighted by Gasteiger charge is -2.40. The molecule has 1 unspecified atom stereocenters. The third kappa shape index (κ3) is 3.48. The lowest BCUT2D eigenvalue weighted by atomic mass is 10.0. The number of carboxylic acid groups (broad SMARTS) is 1. The molecule has 0 aliphatic carbocycles. The highest BCUT2D eigenvalue weighted by molar-refractivity contribution is 5.94. The molecule has 2 N–H and O–H groups in total. The number of anilines is 2. The van der Waals surface area contributed by atoms with Crippen molar-refractivity contribution in [3.8, 4) is 6.07 Å². The van der Waals surface area contributed by atoms with Crippen LogP contribution in [0.2, 0.25) is 0 Å². The van der Waals surface area contributed by atoms with Gasteiger partial charge in [-0.1, -0.05) is 12.1 Å². The lowest BCUT2D eigenvalue weighted by molar-refractivity contribution is 0.0698. The van der Waals surface area contributed by atoms with E-state index in [0.717, 1.165) is 24.1 Å². The number of pyridine rings is 1. The molecule has 2 atom stereocenters. The molecule has 0 radical (unpaired) electrons. The van der Waals surface area contributed by atoms with Crippen molar-refractivity contribution in [2.75, 3.05) is 16.8 Å². The highest BCUT2D eigenvalue weighted by Crippen LogP contribution is 2.30. The number of hydrogen-bond donors (Lipinski definition) is 2. The van der Waals surface area contributed by atoms with Crippen LogP contribution in [0.3, 0.4) is 0 Å². The Bertz CT molecular complexity index is 1290. The van der Waals surface area contributed by atoms with Crippen LogP contribution in [0.15, 0.2) is 41.3 Å². The molecule has 1 aromatic carbocycles. The number of aromatic carboxylic acids is 1. The van der Waals surface area contributed by atoms with Gasteiger partial charge in [-0.05, 0) is 51.0 Å². The number of fused-ring (bicyclic) bond motifs is 1. The molecule has 1 fully saturated rings. The van der Waals surface area contributed by atoms with Gasteiger partial charge >= 0.3 is 5.97 Å². The molecule has 0 amide bonds. The normalized spacial score (nSPS) is 16.5. The maximum atomic E-state index is 13.1. The van der Waals surface area contributed by atoms with Crippen molar-refractivity contribution in [3.05, 3.63) is 69.1 Å². The Morgan fingerprint density at radius 2 is 2.13 bits per heavy atom. The average molecular weight is 417 g/mol. The minimum atomic E-state index is -1.02. The second-order valence-electron chi connectivity index (χ2n) is 7.94. The molecular formula is C23H23N5O3. The topological polar surface area (TPSA) is 111 Å². The van der Waals surface area contributed by atoms with Crippen molar-refractivity contribution >= 4 is 23.1 Å². The summed E-state index contributed by atoms with van der Waals surface area (Å²) in [4.78, 5) is 31.4. The van der Waals surface area contributed by atoms with Gasteiger partial charge in [-0.3, -0.25) is 9.20 Å². The summed E-state index contributed by atoms with van der Waals surface area (Å²) in [5.74, 6) is -0.610. The maximum Gasteiger partial charge on any atom is 0.337 e. The third-order valence-corrected chi connectivity index (χ3v) is 5.77. The minimum Gasteiger partial charge on any atom is -0.478 e. The van der Waals surface area contributed by atoms with E-state index in [0.29, 0.717) is 17.2 Å². The molecule has 1 saturated heterocycles. The third-order valence-electron chi connectivity index (χ3n) is 5.77. The molecule has 1 aliphatic heterocycles. The monoisotopic (exact) mass is 417 g/mol. The van der Waals surface area contributed by atoms with E-state index < -0.39 is 11.5 Å². The Labute approximate surface area is 179 Å². The number of para-hydroxylation sites is 1. The van der Waals surface area contributed by atoms with Gasteiger partial charge in [0.05, 0.1) is 11.6 Å². The number of aryl methyl sites for hydroxylation is 1. The fourth-order valence-electron chi connectivity index (χ4n) is 3.96. The molecule has 8 heteroatoms. The average Bonchev–Trinajstić information content (AvgIpc) is 2.73. The van der Waals surface area contributed by atoms with Gasteiger partial charge in [-0.15, -0.1) is 0 Å². The minimum absolute atomic E-state index is 0.0393. The van der Waals surface area contributed by atoms with Crippen molar-refractivity contribution in [3.63, 3.8) is 0 Å². The largest absolute Gasteiger partial charge is 0.478 e. The summed E-state index contributed by atoms with van der Waals surface area (Å²) >= 11 is 0. The van der Waals surface area contributed by atoms with E-state index in [4.69, 9.17) is 4.98 Å². The zero-order valence-electron chi connectivity index (χ0n) is 17.6. The first-order chi connectivity index (χ1) is 14.8. The number of rotatable bonds is 5. The van der Waals surface area contributed by atoms with Gasteiger partial charge in [0.1, 0.15) is 11.7 Å². The van der Waals surface area contributed by atoms with Gasteiger partial charge in [-0.2, -0.15) is 5.26 Å². The lowest BCUT2D eigenvalue weighted by Crippen LogP contribution is -2.47. The van der Waals surface area contributed by atoms with Crippen molar-refractivity contribution in [1.29, 1.82) is 5.26 Å². The summed E-state index contributed by atoms with van der Waals surface area (Å²) in [5, 5.41) is 22.4. The maximum absolute atomic E-state index is 13.1. The van der Waals surface area contributed by atoms with Gasteiger partial charge in [-0.25, -0.2) is 9.78 Å². The first kappa shape index (κ1) is 20.4. The van der Waals surface area contributed by atoms with Crippen molar-refractivity contribution < 1.29 is 9.90 Å². The van der Waals surface area contributed by atoms with Crippen LogP contribution in [0.25, 0.3) is 5.65 Å². The van der Waals surface area contributed by atoms with Gasteiger partial charge in [0.2, 0.25) is 0 Å². The summed E-state index contributed by atoms with van der Waals surface area (Å²) in [6, 6.07) is 10.5. The molecule has 3 aromatic rings. The summed E-state index contributed by atoms with van der Waals surface area (Å²) in [5.41, 5.74) is 2.32. The Morgan fingerprint density at radius 1 is 1.39 bits per heavy atom. The van der Waals surface area contributed by atoms with E-state index in [1.165, 1.54) is 10.5 Å². The zero-order chi connectivity index (χ0) is 22.3. The first-order valence-electron chi connectivity index (χ1n) is 10.1. The number of nitrogens with one attached hydrogen (secondary N) is 1. The highest BCUT2D eigenvalue weighted by atomic mass is 16.4. The van der Waals surface area contributed by atoms with Crippen molar-refractivity contribution in [2.45, 2.75) is 39.3 Å². The molecule has 2 aromatic heterocycles. The van der Waals surface area contributed by atoms with Crippen molar-refractivity contribution in [1.82, 2.24) is 9.38 Å². The van der Waals surface area contributed by atoms with Gasteiger partial charge in [0.15, 0.2) is 11.4 Å². The molecule has 8 nitrogen and oxygen atoms in total. The van der Waals surface area contributed by atoms with Gasteiger partial charge < -0.3 is 15.3 Å². The fourth-order valence-corrected chi connectivity index (χ4v) is 3.96. The standard InChI is InChI=1S/C23H23N5O3/c1-13-10-17(15(3)25-19-7-5-4-6-16(19)23(30)31)20-26-21(27-9-8-14(27)2)18(11-24)22(29)28(20)12-13/h4-7,10,12,14-15,25H,8-9H2,1-3H3,(H,30,31)/t14-,15?/m1/s1. The van der Waals surface area contributed by atoms with Gasteiger partial charge in [0, 0.05) is 30.0 Å². The Balaban J connectivity index is 1.87. The van der Waals surface area contributed by atoms with E-state index in [1.807, 2.05) is 37.8 Å². The molecule has 0 saturated carbocycles. The van der Waals surface area contributed by atoms with Crippen LogP contribution >= 0.6 is 0 Å². The van der Waals surface area contributed by atoms with E-state index >= 15 is 0 Å². The summed E-state index contributed by atoms with van der Waals surface area (Å²) < 4.78 is 1.42. The van der Waals surface area contributed by atoms with Crippen LogP contribution in [-0.2, 0) is 0 Å². The quantitative estimate of drug-likeness (QED) is 0.655. The molecule has 4 rings (SSSR count). The number of benzene rings is 1. The highest BCUT2D eigenvalue weighted by Gasteiger charge is 2.30. The molecule has 0 bridgehead atoms. The van der Waals surface area contributed by atoms with E-state index in [-0.39, 0.29) is 23.2 Å². The SMILES string of the molecule is Cc1cc(C(C)Nc2ccccc2C(=O)O)c2nc(N3CC[C@H]3C)c(C#N)c(=O)n2c1. The molecule has 0 spiro atoms. The molecule has 31 heavy (non-hydrogen) atoms. The Morgan fingerprint density at radius 3 is 2.74 bits per heavy atom. The Hall–Kier alpha value is -3.86. The number of nitriles is 1. The summed E-state index contributed by atoms with van der Waals surface area (Å²) in [6.07, 6.45) is 2.66. The van der Waals surface area contributed by atoms with Crippen LogP contribution < -0.4 is 15.8 Å². The van der Waals surface area contributed by atoms with Crippen LogP contribution in [0.4, 0.5) is 11.5 Å². The predicted octanol–water partition coefficient (Wildman–Crippen LogP) is 3.34. The van der Waals surface area contributed by atoms with Crippen LogP contribution in [-0.4, -0.2) is 33.0 Å². The van der Waals surface area contributed by atoms with Crippen LogP contribution in [0.1, 0.15) is 53.4 Å². The van der Waals surface area contributed by atoms with E-state index in [9.17, 15) is 20.0 Å². The fraction of sp³-hybridized carbons (Fsp3) is 0.304. The zero-order valence-corrected chi connectivity index (χ0v) is 17.6. The summed E-state index contributed by atoms with van der Waals surface area (Å²) in [7, 11) is 0. The molecule has 3 heterocycles. The second kappa shape index (κ2) is 7.76. The number of nitrogens with zero attached hydrogens (tertiary/aromatic N) is 4. The number of hydrogen-bond acceptors (Lipinski definition) is 6. The second-order valence-corrected chi connectivity index (χ2v) is 7.94. The summed E-state index contributed by atoms with van der Waals surface area (Å²) in [6.45, 7) is 6.55. The molecular weight excluding hydrogens is 394 g/mol. The van der Waals surface area contributed by atoms with Gasteiger partial charge in [0.25, 0.3) is 5.56 Å². The van der Waals surface area contributed by atoms with E-state index in [1.54, 1.807) is 24.4 Å². The number of carbonyl (C=O) groups is 1. The van der Waals surface area contributed by atoms with Crippen LogP contribution in [0, 0.1) is 18.3 Å². The number of carboxylic acids is 1. The number of aromatic nitrogens is 2. The van der Waals surface area contributed by atoms with Crippen LogP contribution in [0.5, 0.6) is 0 Å². The Kier molecular flexibility index (Phi) is 5.11. The predicted molar refractivity (Wildman–Crippen MR) is 118 cm³/mol. The van der Waals surface area contributed by atoms with E-state index in [2.05, 4.69) is 5.32 Å². The molecule has 158 valence electrons. The molecule has 1 aliphatic rings. The first-order valence-corrected chi connectivity index (χ1v) is 10.1.